The van der Waals surface area contributed by atoms with E-state index in [1.807, 2.05) is 18.2 Å². The van der Waals surface area contributed by atoms with E-state index >= 15 is 0 Å². The number of para-hydroxylation sites is 1. The topological polar surface area (TPSA) is 74.7 Å². The first-order chi connectivity index (χ1) is 8.67. The van der Waals surface area contributed by atoms with Crippen LogP contribution in [-0.2, 0) is 4.74 Å². The summed E-state index contributed by atoms with van der Waals surface area (Å²) in [5.41, 5.74) is 6.67. The summed E-state index contributed by atoms with van der Waals surface area (Å²) in [5, 5.41) is 0. The Morgan fingerprint density at radius 3 is 2.67 bits per heavy atom. The third-order valence-electron chi connectivity index (χ3n) is 2.50. The normalized spacial score (nSPS) is 10.1. The molecule has 0 fully saturated rings. The maximum Gasteiger partial charge on any atom is 0.376 e. The van der Waals surface area contributed by atoms with Crippen molar-refractivity contribution in [3.63, 3.8) is 0 Å². The number of nitrogens with two attached hydrogens (primary N) is 1. The van der Waals surface area contributed by atoms with Gasteiger partial charge in [0.05, 0.1) is 25.5 Å². The highest BCUT2D eigenvalue weighted by Gasteiger charge is 2.19. The van der Waals surface area contributed by atoms with Gasteiger partial charge in [-0.25, -0.2) is 4.79 Å². The summed E-state index contributed by atoms with van der Waals surface area (Å²) in [6.45, 7) is 0. The monoisotopic (exact) mass is 247 g/mol. The molecule has 0 amide bonds. The number of hydrogen-bond acceptors (Lipinski definition) is 5. The van der Waals surface area contributed by atoms with Gasteiger partial charge in [-0.1, -0.05) is 12.1 Å². The Morgan fingerprint density at radius 2 is 2.00 bits per heavy atom. The lowest BCUT2D eigenvalue weighted by atomic mass is 10.1. The van der Waals surface area contributed by atoms with Crippen LogP contribution in [0.1, 0.15) is 10.6 Å². The van der Waals surface area contributed by atoms with Gasteiger partial charge in [-0.15, -0.1) is 0 Å². The summed E-state index contributed by atoms with van der Waals surface area (Å²) in [6.07, 6.45) is 0. The Labute approximate surface area is 104 Å². The first-order valence-corrected chi connectivity index (χ1v) is 5.28. The summed E-state index contributed by atoms with van der Waals surface area (Å²) in [6, 6.07) is 8.87. The van der Waals surface area contributed by atoms with E-state index in [-0.39, 0.29) is 11.4 Å². The van der Waals surface area contributed by atoms with Crippen LogP contribution in [0.25, 0.3) is 11.3 Å². The van der Waals surface area contributed by atoms with Crippen LogP contribution in [0.15, 0.2) is 34.7 Å². The van der Waals surface area contributed by atoms with Gasteiger partial charge in [0.2, 0.25) is 5.76 Å². The standard InChI is InChI=1S/C13H13NO4/c1-16-10-6-4-3-5-8(10)11-7-9(14)12(18-11)13(15)17-2/h3-7H,14H2,1-2H3. The van der Waals surface area contributed by atoms with E-state index in [9.17, 15) is 4.79 Å². The Balaban J connectivity index is 2.49. The number of nitrogen functional groups attached to an aromatic ring is 1. The van der Waals surface area contributed by atoms with Crippen LogP contribution in [0.5, 0.6) is 5.75 Å². The van der Waals surface area contributed by atoms with Crippen LogP contribution in [0, 0.1) is 0 Å². The molecule has 0 atom stereocenters. The molecule has 0 aliphatic carbocycles. The maximum atomic E-state index is 11.4. The zero-order valence-corrected chi connectivity index (χ0v) is 10.1. The molecular weight excluding hydrogens is 234 g/mol. The highest BCUT2D eigenvalue weighted by Crippen LogP contribution is 2.33. The second-order valence-corrected chi connectivity index (χ2v) is 3.59. The van der Waals surface area contributed by atoms with Crippen molar-refractivity contribution in [1.82, 2.24) is 0 Å². The second kappa shape index (κ2) is 4.83. The molecule has 0 saturated heterocycles. The van der Waals surface area contributed by atoms with Gasteiger partial charge < -0.3 is 19.6 Å². The molecule has 2 N–H and O–H groups in total. The fourth-order valence-electron chi connectivity index (χ4n) is 1.64. The van der Waals surface area contributed by atoms with Gasteiger partial charge in [-0.05, 0) is 12.1 Å². The van der Waals surface area contributed by atoms with Crippen LogP contribution in [-0.4, -0.2) is 20.2 Å². The Bertz CT molecular complexity index is 574. The number of carbonyl (C=O) groups is 1. The molecule has 2 rings (SSSR count). The van der Waals surface area contributed by atoms with Gasteiger partial charge in [-0.3, -0.25) is 0 Å². The summed E-state index contributed by atoms with van der Waals surface area (Å²) < 4.78 is 15.2. The van der Waals surface area contributed by atoms with E-state index < -0.39 is 5.97 Å². The zero-order valence-electron chi connectivity index (χ0n) is 10.1. The van der Waals surface area contributed by atoms with Crippen LogP contribution in [0.3, 0.4) is 0 Å². The molecule has 0 bridgehead atoms. The number of hydrogen-bond donors (Lipinski definition) is 1. The average Bonchev–Trinajstić information content (AvgIpc) is 2.79. The summed E-state index contributed by atoms with van der Waals surface area (Å²) in [4.78, 5) is 11.4. The zero-order chi connectivity index (χ0) is 13.1. The predicted molar refractivity (Wildman–Crippen MR) is 66.4 cm³/mol. The third-order valence-corrected chi connectivity index (χ3v) is 2.50. The number of methoxy groups -OCH3 is 2. The fourth-order valence-corrected chi connectivity index (χ4v) is 1.64. The second-order valence-electron chi connectivity index (χ2n) is 3.59. The van der Waals surface area contributed by atoms with Crippen LogP contribution >= 0.6 is 0 Å². The summed E-state index contributed by atoms with van der Waals surface area (Å²) in [7, 11) is 2.83. The molecule has 2 aromatic rings. The molecule has 94 valence electrons. The molecule has 5 heteroatoms. The Hall–Kier alpha value is -2.43. The van der Waals surface area contributed by atoms with E-state index in [1.54, 1.807) is 19.2 Å². The first kappa shape index (κ1) is 12.0. The molecule has 1 aromatic carbocycles. The van der Waals surface area contributed by atoms with Crippen LogP contribution < -0.4 is 10.5 Å². The predicted octanol–water partition coefficient (Wildman–Crippen LogP) is 2.32. The molecule has 5 nitrogen and oxygen atoms in total. The van der Waals surface area contributed by atoms with Gasteiger partial charge in [0.1, 0.15) is 11.5 Å². The molecule has 0 saturated carbocycles. The lowest BCUT2D eigenvalue weighted by Crippen LogP contribution is -2.02. The van der Waals surface area contributed by atoms with Crippen molar-refractivity contribution in [3.05, 3.63) is 36.1 Å². The van der Waals surface area contributed by atoms with E-state index in [1.165, 1.54) is 7.11 Å². The molecule has 1 aromatic heterocycles. The lowest BCUT2D eigenvalue weighted by molar-refractivity contribution is 0.0567. The Kier molecular flexibility index (Phi) is 3.23. The van der Waals surface area contributed by atoms with Crippen molar-refractivity contribution >= 4 is 11.7 Å². The van der Waals surface area contributed by atoms with Crippen molar-refractivity contribution in [2.75, 3.05) is 20.0 Å². The number of esters is 1. The van der Waals surface area contributed by atoms with Gasteiger partial charge in [0.25, 0.3) is 0 Å². The first-order valence-electron chi connectivity index (χ1n) is 5.28. The highest BCUT2D eigenvalue weighted by atomic mass is 16.5. The van der Waals surface area contributed by atoms with Crippen molar-refractivity contribution < 1.29 is 18.7 Å². The van der Waals surface area contributed by atoms with E-state index in [0.29, 0.717) is 11.5 Å². The molecular formula is C13H13NO4. The number of anilines is 1. The lowest BCUT2D eigenvalue weighted by Gasteiger charge is -2.04. The van der Waals surface area contributed by atoms with Crippen molar-refractivity contribution in [2.45, 2.75) is 0 Å². The number of rotatable bonds is 3. The minimum Gasteiger partial charge on any atom is -0.496 e. The highest BCUT2D eigenvalue weighted by molar-refractivity contribution is 5.93. The molecule has 18 heavy (non-hydrogen) atoms. The summed E-state index contributed by atoms with van der Waals surface area (Å²) >= 11 is 0. The molecule has 0 radical (unpaired) electrons. The molecule has 0 aliphatic rings. The SMILES string of the molecule is COC(=O)c1oc(-c2ccccc2OC)cc1N. The Morgan fingerprint density at radius 1 is 1.28 bits per heavy atom. The quantitative estimate of drug-likeness (QED) is 0.842. The molecule has 1 heterocycles. The maximum absolute atomic E-state index is 11.4. The van der Waals surface area contributed by atoms with Gasteiger partial charge in [0.15, 0.2) is 0 Å². The number of ether oxygens (including phenoxy) is 2. The van der Waals surface area contributed by atoms with Crippen molar-refractivity contribution in [2.24, 2.45) is 0 Å². The number of carbonyl (C=O) groups excluding carboxylic acids is 1. The number of benzene rings is 1. The minimum absolute atomic E-state index is 0.00148. The van der Waals surface area contributed by atoms with Crippen LogP contribution in [0.4, 0.5) is 5.69 Å². The average molecular weight is 247 g/mol. The number of furan rings is 1. The van der Waals surface area contributed by atoms with Crippen molar-refractivity contribution in [1.29, 1.82) is 0 Å². The van der Waals surface area contributed by atoms with Crippen LogP contribution in [0.2, 0.25) is 0 Å². The molecule has 0 spiro atoms. The minimum atomic E-state index is -0.603. The van der Waals surface area contributed by atoms with E-state index in [4.69, 9.17) is 14.9 Å². The van der Waals surface area contributed by atoms with Crippen molar-refractivity contribution in [3.8, 4) is 17.1 Å². The van der Waals surface area contributed by atoms with Gasteiger partial charge in [-0.2, -0.15) is 0 Å². The van der Waals surface area contributed by atoms with E-state index in [2.05, 4.69) is 4.74 Å². The fraction of sp³-hybridized carbons (Fsp3) is 0.154. The van der Waals surface area contributed by atoms with Gasteiger partial charge in [0, 0.05) is 6.07 Å². The largest absolute Gasteiger partial charge is 0.496 e. The smallest absolute Gasteiger partial charge is 0.376 e. The van der Waals surface area contributed by atoms with Gasteiger partial charge >= 0.3 is 5.97 Å². The molecule has 0 unspecified atom stereocenters. The summed E-state index contributed by atoms with van der Waals surface area (Å²) in [5.74, 6) is 0.500. The molecule has 0 aliphatic heterocycles. The van der Waals surface area contributed by atoms with E-state index in [0.717, 1.165) is 5.56 Å². The third kappa shape index (κ3) is 2.02.